The second-order valence-corrected chi connectivity index (χ2v) is 9.18. The Kier molecular flexibility index (Phi) is 10.9. The van der Waals surface area contributed by atoms with E-state index in [0.29, 0.717) is 23.4 Å². The SMILES string of the molecule is CCc1cccc(CNC[C@@H](O)[C@H](Cc2cc(F)cc(F)c2)NC(=O)CCC(=O)c2cccc(OC)c2)c1. The number of aliphatic hydroxyl groups excluding tert-OH is 1. The van der Waals surface area contributed by atoms with Crippen molar-refractivity contribution in [2.24, 2.45) is 0 Å². The number of ether oxygens (including phenoxy) is 1. The number of aryl methyl sites for hydroxylation is 1. The number of nitrogens with one attached hydrogen (secondary N) is 2. The van der Waals surface area contributed by atoms with E-state index in [9.17, 15) is 23.5 Å². The molecule has 3 rings (SSSR count). The summed E-state index contributed by atoms with van der Waals surface area (Å²) in [5.74, 6) is -1.60. The first-order valence-electron chi connectivity index (χ1n) is 12.7. The van der Waals surface area contributed by atoms with E-state index in [0.717, 1.165) is 18.1 Å². The van der Waals surface area contributed by atoms with Crippen molar-refractivity contribution in [3.05, 3.63) is 101 Å². The van der Waals surface area contributed by atoms with Gasteiger partial charge >= 0.3 is 0 Å². The number of benzene rings is 3. The highest BCUT2D eigenvalue weighted by atomic mass is 19.1. The molecule has 3 aromatic rings. The van der Waals surface area contributed by atoms with E-state index < -0.39 is 29.7 Å². The third-order valence-corrected chi connectivity index (χ3v) is 6.24. The number of hydrogen-bond donors (Lipinski definition) is 3. The Morgan fingerprint density at radius 3 is 2.34 bits per heavy atom. The quantitative estimate of drug-likeness (QED) is 0.273. The second kappa shape index (κ2) is 14.4. The first kappa shape index (κ1) is 28.9. The lowest BCUT2D eigenvalue weighted by Gasteiger charge is -2.25. The minimum Gasteiger partial charge on any atom is -0.497 e. The second-order valence-electron chi connectivity index (χ2n) is 9.18. The van der Waals surface area contributed by atoms with Crippen LogP contribution in [0.25, 0.3) is 0 Å². The van der Waals surface area contributed by atoms with Crippen molar-refractivity contribution in [2.45, 2.75) is 51.3 Å². The Hall–Kier alpha value is -3.62. The van der Waals surface area contributed by atoms with Crippen LogP contribution in [0.15, 0.2) is 66.7 Å². The van der Waals surface area contributed by atoms with Crippen LogP contribution in [0.3, 0.4) is 0 Å². The van der Waals surface area contributed by atoms with Crippen molar-refractivity contribution >= 4 is 11.7 Å². The summed E-state index contributed by atoms with van der Waals surface area (Å²) in [7, 11) is 1.50. The lowest BCUT2D eigenvalue weighted by molar-refractivity contribution is -0.122. The Morgan fingerprint density at radius 1 is 0.921 bits per heavy atom. The van der Waals surface area contributed by atoms with Crippen LogP contribution in [0.2, 0.25) is 0 Å². The maximum absolute atomic E-state index is 13.8. The van der Waals surface area contributed by atoms with E-state index in [1.54, 1.807) is 24.3 Å². The molecule has 202 valence electrons. The molecule has 0 fully saturated rings. The van der Waals surface area contributed by atoms with Gasteiger partial charge < -0.3 is 20.5 Å². The van der Waals surface area contributed by atoms with Gasteiger partial charge in [-0.2, -0.15) is 0 Å². The molecule has 8 heteroatoms. The number of ketones is 1. The molecule has 0 radical (unpaired) electrons. The summed E-state index contributed by atoms with van der Waals surface area (Å²) < 4.78 is 32.7. The topological polar surface area (TPSA) is 87.7 Å². The van der Waals surface area contributed by atoms with Gasteiger partial charge in [0.1, 0.15) is 17.4 Å². The highest BCUT2D eigenvalue weighted by Crippen LogP contribution is 2.16. The molecule has 0 bridgehead atoms. The van der Waals surface area contributed by atoms with Gasteiger partial charge in [-0.1, -0.05) is 43.3 Å². The van der Waals surface area contributed by atoms with E-state index in [2.05, 4.69) is 23.6 Å². The fourth-order valence-corrected chi connectivity index (χ4v) is 4.18. The van der Waals surface area contributed by atoms with Crippen LogP contribution in [-0.4, -0.2) is 42.6 Å². The summed E-state index contributed by atoms with van der Waals surface area (Å²) in [5.41, 5.74) is 2.99. The molecule has 0 saturated carbocycles. The number of aliphatic hydroxyl groups is 1. The zero-order valence-corrected chi connectivity index (χ0v) is 21.7. The number of carbonyl (C=O) groups excluding carboxylic acids is 2. The Bertz CT molecular complexity index is 1210. The average molecular weight is 525 g/mol. The van der Waals surface area contributed by atoms with Crippen molar-refractivity contribution in [1.29, 1.82) is 0 Å². The molecular weight excluding hydrogens is 490 g/mol. The van der Waals surface area contributed by atoms with Crippen LogP contribution >= 0.6 is 0 Å². The van der Waals surface area contributed by atoms with Crippen LogP contribution in [0.1, 0.15) is 46.8 Å². The van der Waals surface area contributed by atoms with Crippen LogP contribution in [-0.2, 0) is 24.2 Å². The first-order valence-corrected chi connectivity index (χ1v) is 12.7. The molecule has 1 amide bonds. The molecule has 0 aliphatic rings. The molecule has 3 aromatic carbocycles. The smallest absolute Gasteiger partial charge is 0.220 e. The summed E-state index contributed by atoms with van der Waals surface area (Å²) in [6.45, 7) is 2.72. The van der Waals surface area contributed by atoms with Crippen LogP contribution in [0.5, 0.6) is 5.75 Å². The minimum absolute atomic E-state index is 0.0123. The summed E-state index contributed by atoms with van der Waals surface area (Å²) >= 11 is 0. The van der Waals surface area contributed by atoms with Gasteiger partial charge in [0.25, 0.3) is 0 Å². The molecule has 0 saturated heterocycles. The van der Waals surface area contributed by atoms with Gasteiger partial charge in [-0.15, -0.1) is 0 Å². The van der Waals surface area contributed by atoms with Gasteiger partial charge in [-0.25, -0.2) is 8.78 Å². The number of rotatable bonds is 14. The standard InChI is InChI=1S/C30H34F2N2O4/c1-3-20-6-4-7-21(12-20)18-33-19-29(36)27(15-22-13-24(31)17-25(32)14-22)34-30(37)11-10-28(35)23-8-5-9-26(16-23)38-2/h4-9,12-14,16-17,27,29,33,36H,3,10-11,15,18-19H2,1-2H3,(H,34,37)/t27-,29+/m0/s1. The van der Waals surface area contributed by atoms with Crippen LogP contribution in [0, 0.1) is 11.6 Å². The van der Waals surface area contributed by atoms with Gasteiger partial charge in [0.2, 0.25) is 5.91 Å². The van der Waals surface area contributed by atoms with E-state index >= 15 is 0 Å². The largest absolute Gasteiger partial charge is 0.497 e. The monoisotopic (exact) mass is 524 g/mol. The number of Topliss-reactive ketones (excluding diaryl/α,β-unsaturated/α-hetero) is 1. The van der Waals surface area contributed by atoms with Crippen molar-refractivity contribution in [1.82, 2.24) is 10.6 Å². The maximum Gasteiger partial charge on any atom is 0.220 e. The normalized spacial score (nSPS) is 12.6. The van der Waals surface area contributed by atoms with E-state index in [4.69, 9.17) is 4.74 Å². The van der Waals surface area contributed by atoms with Crippen molar-refractivity contribution in [3.8, 4) is 5.75 Å². The number of methoxy groups -OCH3 is 1. The first-order chi connectivity index (χ1) is 18.3. The van der Waals surface area contributed by atoms with Crippen molar-refractivity contribution < 1.29 is 28.2 Å². The average Bonchev–Trinajstić information content (AvgIpc) is 2.90. The van der Waals surface area contributed by atoms with Crippen LogP contribution in [0.4, 0.5) is 8.78 Å². The fourth-order valence-electron chi connectivity index (χ4n) is 4.18. The number of halogens is 2. The van der Waals surface area contributed by atoms with E-state index in [1.807, 2.05) is 18.2 Å². The molecule has 6 nitrogen and oxygen atoms in total. The van der Waals surface area contributed by atoms with E-state index in [-0.39, 0.29) is 31.6 Å². The predicted octanol–water partition coefficient (Wildman–Crippen LogP) is 4.38. The third kappa shape index (κ3) is 9.04. The van der Waals surface area contributed by atoms with E-state index in [1.165, 1.54) is 24.8 Å². The molecule has 0 heterocycles. The zero-order chi connectivity index (χ0) is 27.5. The summed E-state index contributed by atoms with van der Waals surface area (Å²) in [5, 5.41) is 16.8. The van der Waals surface area contributed by atoms with Crippen molar-refractivity contribution in [2.75, 3.05) is 13.7 Å². The van der Waals surface area contributed by atoms with Gasteiger partial charge in [0.15, 0.2) is 5.78 Å². The fraction of sp³-hybridized carbons (Fsp3) is 0.333. The Balaban J connectivity index is 1.62. The Labute approximate surface area is 222 Å². The van der Waals surface area contributed by atoms with Gasteiger partial charge in [-0.05, 0) is 53.8 Å². The predicted molar refractivity (Wildman–Crippen MR) is 142 cm³/mol. The van der Waals surface area contributed by atoms with Gasteiger partial charge in [0, 0.05) is 37.6 Å². The molecule has 2 atom stereocenters. The number of amides is 1. The molecule has 0 spiro atoms. The lowest BCUT2D eigenvalue weighted by atomic mass is 9.99. The van der Waals surface area contributed by atoms with Gasteiger partial charge in [0.05, 0.1) is 19.3 Å². The third-order valence-electron chi connectivity index (χ3n) is 6.24. The lowest BCUT2D eigenvalue weighted by Crippen LogP contribution is -2.48. The number of hydrogen-bond acceptors (Lipinski definition) is 5. The maximum atomic E-state index is 13.8. The highest BCUT2D eigenvalue weighted by molar-refractivity contribution is 5.98. The van der Waals surface area contributed by atoms with Crippen LogP contribution < -0.4 is 15.4 Å². The molecule has 3 N–H and O–H groups in total. The summed E-state index contributed by atoms with van der Waals surface area (Å²) in [6.07, 6.45) is -0.266. The highest BCUT2D eigenvalue weighted by Gasteiger charge is 2.23. The Morgan fingerprint density at radius 2 is 1.63 bits per heavy atom. The van der Waals surface area contributed by atoms with Gasteiger partial charge in [-0.3, -0.25) is 9.59 Å². The molecule has 0 aliphatic heterocycles. The molecule has 0 aromatic heterocycles. The molecule has 0 aliphatic carbocycles. The molecule has 38 heavy (non-hydrogen) atoms. The molecular formula is C30H34F2N2O4. The summed E-state index contributed by atoms with van der Waals surface area (Å²) in [6, 6.07) is 17.0. The van der Waals surface area contributed by atoms with Crippen molar-refractivity contribution in [3.63, 3.8) is 0 Å². The number of carbonyl (C=O) groups is 2. The zero-order valence-electron chi connectivity index (χ0n) is 21.7. The molecule has 0 unspecified atom stereocenters. The minimum atomic E-state index is -1.05. The summed E-state index contributed by atoms with van der Waals surface area (Å²) in [4.78, 5) is 25.3.